The second kappa shape index (κ2) is 7.46. The first kappa shape index (κ1) is 18.4. The largest absolute Gasteiger partial charge is 0.338 e. The first-order valence-corrected chi connectivity index (χ1v) is 10.8. The summed E-state index contributed by atoms with van der Waals surface area (Å²) >= 11 is 0. The maximum absolute atomic E-state index is 12.9. The Morgan fingerprint density at radius 1 is 1.16 bits per heavy atom. The minimum atomic E-state index is -3.59. The van der Waals surface area contributed by atoms with Gasteiger partial charge in [-0.2, -0.15) is 0 Å². The van der Waals surface area contributed by atoms with Crippen LogP contribution in [0.5, 0.6) is 0 Å². The lowest BCUT2D eigenvalue weighted by Gasteiger charge is -2.41. The van der Waals surface area contributed by atoms with Crippen LogP contribution in [-0.4, -0.2) is 38.4 Å². The van der Waals surface area contributed by atoms with E-state index in [1.54, 1.807) is 26.0 Å². The van der Waals surface area contributed by atoms with Crippen molar-refractivity contribution in [2.45, 2.75) is 56.9 Å². The van der Waals surface area contributed by atoms with Gasteiger partial charge in [-0.1, -0.05) is 25.3 Å². The predicted molar refractivity (Wildman–Crippen MR) is 97.9 cm³/mol. The van der Waals surface area contributed by atoms with E-state index in [2.05, 4.69) is 4.72 Å². The zero-order chi connectivity index (χ0) is 18.0. The van der Waals surface area contributed by atoms with E-state index in [0.29, 0.717) is 11.5 Å². The van der Waals surface area contributed by atoms with Gasteiger partial charge < -0.3 is 4.90 Å². The minimum Gasteiger partial charge on any atom is -0.338 e. The molecular weight excluding hydrogens is 336 g/mol. The van der Waals surface area contributed by atoms with Crippen molar-refractivity contribution in [2.24, 2.45) is 11.8 Å². The number of sulfonamides is 1. The average Bonchev–Trinajstić information content (AvgIpc) is 2.60. The molecule has 0 radical (unpaired) electrons. The van der Waals surface area contributed by atoms with E-state index >= 15 is 0 Å². The number of hydrogen-bond donors (Lipinski definition) is 1. The lowest BCUT2D eigenvalue weighted by atomic mass is 9.75. The molecule has 1 aromatic rings. The third kappa shape index (κ3) is 4.23. The van der Waals surface area contributed by atoms with Crippen molar-refractivity contribution >= 4 is 15.9 Å². The van der Waals surface area contributed by atoms with Crippen LogP contribution in [0.25, 0.3) is 0 Å². The molecule has 6 heteroatoms. The number of rotatable bonds is 4. The van der Waals surface area contributed by atoms with E-state index in [1.165, 1.54) is 37.8 Å². The van der Waals surface area contributed by atoms with Crippen LogP contribution >= 0.6 is 0 Å². The molecule has 25 heavy (non-hydrogen) atoms. The van der Waals surface area contributed by atoms with E-state index in [9.17, 15) is 13.2 Å². The topological polar surface area (TPSA) is 66.5 Å². The molecule has 0 spiro atoms. The predicted octanol–water partition coefficient (Wildman–Crippen LogP) is 3.03. The number of carbonyl (C=O) groups is 1. The van der Waals surface area contributed by atoms with Gasteiger partial charge in [-0.05, 0) is 56.7 Å². The molecule has 1 saturated heterocycles. The normalized spacial score (nSPS) is 24.2. The van der Waals surface area contributed by atoms with Gasteiger partial charge in [-0.3, -0.25) is 4.79 Å². The van der Waals surface area contributed by atoms with Crippen LogP contribution in [0.1, 0.15) is 56.3 Å². The number of fused-ring (bicyclic) bond motifs is 1. The van der Waals surface area contributed by atoms with Gasteiger partial charge >= 0.3 is 0 Å². The fourth-order valence-corrected chi connectivity index (χ4v) is 5.44. The second-order valence-corrected chi connectivity index (χ2v) is 9.36. The Morgan fingerprint density at radius 3 is 2.60 bits per heavy atom. The summed E-state index contributed by atoms with van der Waals surface area (Å²) in [5.74, 6) is 1.33. The Labute approximate surface area is 150 Å². The van der Waals surface area contributed by atoms with Gasteiger partial charge in [0.1, 0.15) is 0 Å². The van der Waals surface area contributed by atoms with E-state index in [1.807, 2.05) is 4.90 Å². The molecule has 0 aromatic heterocycles. The first-order chi connectivity index (χ1) is 11.9. The summed E-state index contributed by atoms with van der Waals surface area (Å²) < 4.78 is 27.3. The summed E-state index contributed by atoms with van der Waals surface area (Å²) in [6, 6.07) is 6.21. The summed E-state index contributed by atoms with van der Waals surface area (Å²) in [5.41, 5.74) is 0.459. The lowest BCUT2D eigenvalue weighted by Crippen LogP contribution is -2.44. The van der Waals surface area contributed by atoms with Crippen molar-refractivity contribution in [3.05, 3.63) is 29.8 Å². The van der Waals surface area contributed by atoms with Crippen molar-refractivity contribution in [1.82, 2.24) is 9.62 Å². The zero-order valence-electron chi connectivity index (χ0n) is 15.1. The molecule has 1 N–H and O–H groups in total. The number of carbonyl (C=O) groups excluding carboxylic acids is 1. The Kier molecular flexibility index (Phi) is 5.49. The Morgan fingerprint density at radius 2 is 1.88 bits per heavy atom. The highest BCUT2D eigenvalue weighted by atomic mass is 32.2. The molecule has 1 amide bonds. The Balaban J connectivity index is 1.75. The minimum absolute atomic E-state index is 0.0504. The molecule has 1 aromatic carbocycles. The fraction of sp³-hybridized carbons (Fsp3) is 0.632. The standard InChI is InChI=1S/C19H28N2O3S/c1-14(2)20-25(23,24)18-9-5-8-16(12-18)19(22)21-11-10-15-6-3-4-7-17(15)13-21/h5,8-9,12,14-15,17,20H,3-4,6-7,10-11,13H2,1-2H3. The third-order valence-electron chi connectivity index (χ3n) is 5.36. The van der Waals surface area contributed by atoms with Crippen molar-refractivity contribution in [1.29, 1.82) is 0 Å². The highest BCUT2D eigenvalue weighted by molar-refractivity contribution is 7.89. The van der Waals surface area contributed by atoms with Crippen LogP contribution in [0, 0.1) is 11.8 Å². The smallest absolute Gasteiger partial charge is 0.253 e. The molecular formula is C19H28N2O3S. The molecule has 3 rings (SSSR count). The lowest BCUT2D eigenvalue weighted by molar-refractivity contribution is 0.0520. The van der Waals surface area contributed by atoms with Gasteiger partial charge in [0.05, 0.1) is 4.90 Å². The van der Waals surface area contributed by atoms with Crippen LogP contribution in [-0.2, 0) is 10.0 Å². The molecule has 2 atom stereocenters. The van der Waals surface area contributed by atoms with Crippen LogP contribution in [0.4, 0.5) is 0 Å². The molecule has 2 unspecified atom stereocenters. The molecule has 5 nitrogen and oxygen atoms in total. The number of nitrogens with zero attached hydrogens (tertiary/aromatic N) is 1. The number of benzene rings is 1. The number of piperidine rings is 1. The van der Waals surface area contributed by atoms with Gasteiger partial charge in [0.25, 0.3) is 5.91 Å². The van der Waals surface area contributed by atoms with Gasteiger partial charge in [0.2, 0.25) is 10.0 Å². The van der Waals surface area contributed by atoms with Gasteiger partial charge in [0, 0.05) is 24.7 Å². The highest BCUT2D eigenvalue weighted by Gasteiger charge is 2.33. The quantitative estimate of drug-likeness (QED) is 0.893. The van der Waals surface area contributed by atoms with E-state index in [4.69, 9.17) is 0 Å². The van der Waals surface area contributed by atoms with E-state index in [0.717, 1.165) is 25.4 Å². The molecule has 2 aliphatic rings. The number of amides is 1. The molecule has 1 aliphatic carbocycles. The second-order valence-electron chi connectivity index (χ2n) is 7.65. The van der Waals surface area contributed by atoms with Crippen LogP contribution < -0.4 is 4.72 Å². The maximum Gasteiger partial charge on any atom is 0.253 e. The SMILES string of the molecule is CC(C)NS(=O)(=O)c1cccc(C(=O)N2CCC3CCCCC3C2)c1. The fourth-order valence-electron chi connectivity index (χ4n) is 4.14. The number of likely N-dealkylation sites (tertiary alicyclic amines) is 1. The van der Waals surface area contributed by atoms with E-state index < -0.39 is 10.0 Å². The summed E-state index contributed by atoms with van der Waals surface area (Å²) in [4.78, 5) is 14.9. The van der Waals surface area contributed by atoms with E-state index in [-0.39, 0.29) is 16.8 Å². The first-order valence-electron chi connectivity index (χ1n) is 9.28. The van der Waals surface area contributed by atoms with Gasteiger partial charge in [-0.15, -0.1) is 0 Å². The molecule has 1 saturated carbocycles. The molecule has 0 bridgehead atoms. The zero-order valence-corrected chi connectivity index (χ0v) is 15.9. The summed E-state index contributed by atoms with van der Waals surface area (Å²) in [6.07, 6.45) is 6.15. The maximum atomic E-state index is 12.9. The van der Waals surface area contributed by atoms with Crippen molar-refractivity contribution in [3.63, 3.8) is 0 Å². The number of nitrogens with one attached hydrogen (secondary N) is 1. The average molecular weight is 365 g/mol. The van der Waals surface area contributed by atoms with Crippen molar-refractivity contribution < 1.29 is 13.2 Å². The summed E-state index contributed by atoms with van der Waals surface area (Å²) in [5, 5.41) is 0. The van der Waals surface area contributed by atoms with Crippen molar-refractivity contribution in [2.75, 3.05) is 13.1 Å². The molecule has 1 heterocycles. The Bertz CT molecular complexity index is 730. The highest BCUT2D eigenvalue weighted by Crippen LogP contribution is 2.36. The van der Waals surface area contributed by atoms with Crippen LogP contribution in [0.2, 0.25) is 0 Å². The van der Waals surface area contributed by atoms with Gasteiger partial charge in [0.15, 0.2) is 0 Å². The van der Waals surface area contributed by atoms with Gasteiger partial charge in [-0.25, -0.2) is 13.1 Å². The third-order valence-corrected chi connectivity index (χ3v) is 7.02. The summed E-state index contributed by atoms with van der Waals surface area (Å²) in [7, 11) is -3.59. The monoisotopic (exact) mass is 364 g/mol. The molecule has 1 aliphatic heterocycles. The van der Waals surface area contributed by atoms with Crippen LogP contribution in [0.3, 0.4) is 0 Å². The van der Waals surface area contributed by atoms with Crippen molar-refractivity contribution in [3.8, 4) is 0 Å². The Hall–Kier alpha value is -1.40. The van der Waals surface area contributed by atoms with Crippen LogP contribution in [0.15, 0.2) is 29.2 Å². The molecule has 2 fully saturated rings. The molecule has 138 valence electrons. The number of hydrogen-bond acceptors (Lipinski definition) is 3. The summed E-state index contributed by atoms with van der Waals surface area (Å²) in [6.45, 7) is 5.15.